The molecular weight excluding hydrogens is 364 g/mol. The van der Waals surface area contributed by atoms with Gasteiger partial charge in [0.1, 0.15) is 13.2 Å². The lowest BCUT2D eigenvalue weighted by Crippen LogP contribution is -2.35. The second-order valence-electron chi connectivity index (χ2n) is 8.25. The predicted octanol–water partition coefficient (Wildman–Crippen LogP) is 3.76. The van der Waals surface area contributed by atoms with Gasteiger partial charge in [-0.1, -0.05) is 36.4 Å². The molecule has 1 aliphatic heterocycles. The standard InChI is InChI=1S/C24H30N2O3/c1-26(2)21(18-6-4-3-5-7-18)16-25-24(27)15-20(17-8-9-17)19-10-11-22-23(14-19)29-13-12-28-22/h3-7,10-11,14,17,20-21H,8-9,12-13,15-16H2,1-2H3,(H,25,27). The molecule has 0 bridgehead atoms. The van der Waals surface area contributed by atoms with Gasteiger partial charge in [0.15, 0.2) is 11.5 Å². The fourth-order valence-electron chi connectivity index (χ4n) is 4.10. The molecule has 1 amide bonds. The van der Waals surface area contributed by atoms with Crippen LogP contribution in [-0.2, 0) is 4.79 Å². The summed E-state index contributed by atoms with van der Waals surface area (Å²) in [5.74, 6) is 2.54. The number of nitrogens with zero attached hydrogens (tertiary/aromatic N) is 1. The Morgan fingerprint density at radius 3 is 2.45 bits per heavy atom. The highest BCUT2D eigenvalue weighted by molar-refractivity contribution is 5.77. The van der Waals surface area contributed by atoms with Crippen molar-refractivity contribution in [2.45, 2.75) is 31.2 Å². The van der Waals surface area contributed by atoms with Crippen LogP contribution < -0.4 is 14.8 Å². The molecule has 2 aliphatic rings. The SMILES string of the molecule is CN(C)C(CNC(=O)CC(c1ccc2c(c1)OCCO2)C1CC1)c1ccccc1. The number of fused-ring (bicyclic) bond motifs is 1. The number of hydrogen-bond donors (Lipinski definition) is 1. The second-order valence-corrected chi connectivity index (χ2v) is 8.25. The summed E-state index contributed by atoms with van der Waals surface area (Å²) in [6.07, 6.45) is 2.90. The number of likely N-dealkylation sites (N-methyl/N-ethyl adjacent to an activating group) is 1. The summed E-state index contributed by atoms with van der Waals surface area (Å²) in [5.41, 5.74) is 2.39. The van der Waals surface area contributed by atoms with E-state index in [2.05, 4.69) is 34.5 Å². The van der Waals surface area contributed by atoms with Gasteiger partial charge in [-0.15, -0.1) is 0 Å². The zero-order chi connectivity index (χ0) is 20.2. The Balaban J connectivity index is 1.40. The minimum atomic E-state index is 0.111. The van der Waals surface area contributed by atoms with Crippen LogP contribution in [0.4, 0.5) is 0 Å². The lowest BCUT2D eigenvalue weighted by Gasteiger charge is -2.26. The summed E-state index contributed by atoms with van der Waals surface area (Å²) in [5, 5.41) is 3.17. The van der Waals surface area contributed by atoms with Crippen LogP contribution in [0.1, 0.15) is 42.3 Å². The molecule has 0 spiro atoms. The Morgan fingerprint density at radius 1 is 1.03 bits per heavy atom. The molecule has 2 atom stereocenters. The van der Waals surface area contributed by atoms with Crippen LogP contribution in [0.25, 0.3) is 0 Å². The number of hydrogen-bond acceptors (Lipinski definition) is 4. The first kappa shape index (κ1) is 19.8. The monoisotopic (exact) mass is 394 g/mol. The fourth-order valence-corrected chi connectivity index (χ4v) is 4.10. The smallest absolute Gasteiger partial charge is 0.220 e. The zero-order valence-electron chi connectivity index (χ0n) is 17.3. The molecule has 2 aromatic rings. The Hall–Kier alpha value is -2.53. The van der Waals surface area contributed by atoms with Gasteiger partial charge in [-0.05, 0) is 62.0 Å². The summed E-state index contributed by atoms with van der Waals surface area (Å²) < 4.78 is 11.4. The van der Waals surface area contributed by atoms with Crippen LogP contribution in [0, 0.1) is 5.92 Å². The van der Waals surface area contributed by atoms with Gasteiger partial charge in [0.2, 0.25) is 5.91 Å². The summed E-state index contributed by atoms with van der Waals surface area (Å²) in [6, 6.07) is 16.6. The highest BCUT2D eigenvalue weighted by Gasteiger charge is 2.34. The van der Waals surface area contributed by atoms with E-state index in [1.54, 1.807) is 0 Å². The molecule has 2 aromatic carbocycles. The van der Waals surface area contributed by atoms with Crippen molar-refractivity contribution in [3.63, 3.8) is 0 Å². The maximum Gasteiger partial charge on any atom is 0.220 e. The second kappa shape index (κ2) is 8.87. The van der Waals surface area contributed by atoms with Crippen molar-refractivity contribution >= 4 is 5.91 Å². The third-order valence-electron chi connectivity index (χ3n) is 5.89. The van der Waals surface area contributed by atoms with Gasteiger partial charge in [-0.25, -0.2) is 0 Å². The van der Waals surface area contributed by atoms with Gasteiger partial charge in [0.25, 0.3) is 0 Å². The summed E-state index contributed by atoms with van der Waals surface area (Å²) in [6.45, 7) is 1.78. The number of carbonyl (C=O) groups is 1. The first-order chi connectivity index (χ1) is 14.1. The van der Waals surface area contributed by atoms with Crippen LogP contribution in [0.5, 0.6) is 11.5 Å². The van der Waals surface area contributed by atoms with E-state index in [1.807, 2.05) is 38.4 Å². The summed E-state index contributed by atoms with van der Waals surface area (Å²) >= 11 is 0. The highest BCUT2D eigenvalue weighted by atomic mass is 16.6. The minimum Gasteiger partial charge on any atom is -0.486 e. The van der Waals surface area contributed by atoms with Crippen molar-refractivity contribution < 1.29 is 14.3 Å². The molecule has 2 unspecified atom stereocenters. The molecule has 1 fully saturated rings. The van der Waals surface area contributed by atoms with Crippen molar-refractivity contribution in [1.82, 2.24) is 10.2 Å². The van der Waals surface area contributed by atoms with Crippen molar-refractivity contribution in [2.24, 2.45) is 5.92 Å². The van der Waals surface area contributed by atoms with Crippen LogP contribution in [0.3, 0.4) is 0 Å². The van der Waals surface area contributed by atoms with Crippen molar-refractivity contribution in [1.29, 1.82) is 0 Å². The lowest BCUT2D eigenvalue weighted by atomic mass is 9.90. The molecule has 0 saturated heterocycles. The third-order valence-corrected chi connectivity index (χ3v) is 5.89. The number of rotatable bonds is 8. The highest BCUT2D eigenvalue weighted by Crippen LogP contribution is 2.46. The van der Waals surface area contributed by atoms with E-state index in [4.69, 9.17) is 9.47 Å². The van der Waals surface area contributed by atoms with Gasteiger partial charge in [-0.3, -0.25) is 4.79 Å². The topological polar surface area (TPSA) is 50.8 Å². The van der Waals surface area contributed by atoms with E-state index < -0.39 is 0 Å². The average Bonchev–Trinajstić information content (AvgIpc) is 3.57. The Morgan fingerprint density at radius 2 is 1.76 bits per heavy atom. The van der Waals surface area contributed by atoms with Crippen LogP contribution >= 0.6 is 0 Å². The van der Waals surface area contributed by atoms with Crippen LogP contribution in [-0.4, -0.2) is 44.7 Å². The molecule has 4 rings (SSSR count). The van der Waals surface area contributed by atoms with E-state index in [9.17, 15) is 4.79 Å². The van der Waals surface area contributed by atoms with Gasteiger partial charge >= 0.3 is 0 Å². The predicted molar refractivity (Wildman–Crippen MR) is 113 cm³/mol. The van der Waals surface area contributed by atoms with Gasteiger partial charge in [0.05, 0.1) is 6.04 Å². The number of carbonyl (C=O) groups excluding carboxylic acids is 1. The largest absolute Gasteiger partial charge is 0.486 e. The molecule has 5 nitrogen and oxygen atoms in total. The maximum atomic E-state index is 12.8. The lowest BCUT2D eigenvalue weighted by molar-refractivity contribution is -0.121. The molecule has 1 heterocycles. The molecule has 0 radical (unpaired) electrons. The third kappa shape index (κ3) is 4.91. The number of benzene rings is 2. The van der Waals surface area contributed by atoms with E-state index in [-0.39, 0.29) is 17.9 Å². The van der Waals surface area contributed by atoms with E-state index in [1.165, 1.54) is 24.0 Å². The fraction of sp³-hybridized carbons (Fsp3) is 0.458. The molecule has 1 aliphatic carbocycles. The summed E-state index contributed by atoms with van der Waals surface area (Å²) in [7, 11) is 4.10. The number of nitrogens with one attached hydrogen (secondary N) is 1. The van der Waals surface area contributed by atoms with Crippen LogP contribution in [0.2, 0.25) is 0 Å². The summed E-state index contributed by atoms with van der Waals surface area (Å²) in [4.78, 5) is 15.0. The van der Waals surface area contributed by atoms with Crippen LogP contribution in [0.15, 0.2) is 48.5 Å². The normalized spacial score (nSPS) is 17.6. The molecule has 0 aromatic heterocycles. The molecule has 29 heavy (non-hydrogen) atoms. The Bertz CT molecular complexity index is 833. The molecule has 5 heteroatoms. The average molecular weight is 395 g/mol. The maximum absolute atomic E-state index is 12.8. The van der Waals surface area contributed by atoms with Gasteiger partial charge in [-0.2, -0.15) is 0 Å². The molecule has 154 valence electrons. The molecule has 1 saturated carbocycles. The van der Waals surface area contributed by atoms with E-state index >= 15 is 0 Å². The van der Waals surface area contributed by atoms with Gasteiger partial charge < -0.3 is 19.7 Å². The number of ether oxygens (including phenoxy) is 2. The van der Waals surface area contributed by atoms with Gasteiger partial charge in [0, 0.05) is 13.0 Å². The Kier molecular flexibility index (Phi) is 6.05. The van der Waals surface area contributed by atoms with Crippen molar-refractivity contribution in [3.8, 4) is 11.5 Å². The quantitative estimate of drug-likeness (QED) is 0.741. The first-order valence-corrected chi connectivity index (χ1v) is 10.5. The van der Waals surface area contributed by atoms with E-state index in [0.717, 1.165) is 11.5 Å². The Labute approximate surface area is 173 Å². The minimum absolute atomic E-state index is 0.111. The zero-order valence-corrected chi connectivity index (χ0v) is 17.3. The first-order valence-electron chi connectivity index (χ1n) is 10.5. The van der Waals surface area contributed by atoms with Crippen molar-refractivity contribution in [3.05, 3.63) is 59.7 Å². The molecular formula is C24H30N2O3. The van der Waals surface area contributed by atoms with Crippen molar-refractivity contribution in [2.75, 3.05) is 33.9 Å². The van der Waals surface area contributed by atoms with E-state index in [0.29, 0.717) is 32.1 Å². The molecule has 1 N–H and O–H groups in total. The number of amides is 1.